The van der Waals surface area contributed by atoms with E-state index in [1.54, 1.807) is 11.8 Å². The number of nitrogens with one attached hydrogen (secondary N) is 1. The van der Waals surface area contributed by atoms with E-state index in [4.69, 9.17) is 0 Å². The first-order chi connectivity index (χ1) is 13.1. The Kier molecular flexibility index (Phi) is 7.22. The molecule has 1 amide bonds. The topological polar surface area (TPSA) is 32.3 Å². The van der Waals surface area contributed by atoms with Crippen LogP contribution in [0.15, 0.2) is 59.5 Å². The summed E-state index contributed by atoms with van der Waals surface area (Å²) in [5.41, 5.74) is 2.45. The fourth-order valence-electron chi connectivity index (χ4n) is 3.57. The molecule has 0 aliphatic carbocycles. The van der Waals surface area contributed by atoms with Crippen LogP contribution in [0.5, 0.6) is 0 Å². The lowest BCUT2D eigenvalue weighted by molar-refractivity contribution is -0.121. The first-order valence-electron chi connectivity index (χ1n) is 9.94. The highest BCUT2D eigenvalue weighted by Crippen LogP contribution is 2.25. The lowest BCUT2D eigenvalue weighted by atomic mass is 9.99. The number of amides is 1. The molecule has 0 spiro atoms. The van der Waals surface area contributed by atoms with Gasteiger partial charge < -0.3 is 10.2 Å². The Morgan fingerprint density at radius 2 is 1.93 bits per heavy atom. The summed E-state index contributed by atoms with van der Waals surface area (Å²) in [7, 11) is 0. The van der Waals surface area contributed by atoms with Gasteiger partial charge in [0.05, 0.1) is 6.04 Å². The van der Waals surface area contributed by atoms with Crippen LogP contribution in [0.25, 0.3) is 0 Å². The number of hydrogen-bond donors (Lipinski definition) is 1. The number of carbonyl (C=O) groups is 1. The number of rotatable bonds is 7. The van der Waals surface area contributed by atoms with E-state index in [2.05, 4.69) is 60.5 Å². The normalized spacial score (nSPS) is 18.1. The van der Waals surface area contributed by atoms with Crippen LogP contribution in [-0.2, 0) is 4.79 Å². The minimum atomic E-state index is 0.0357. The second-order valence-electron chi connectivity index (χ2n) is 7.49. The largest absolute Gasteiger partial charge is 0.371 e. The molecule has 27 heavy (non-hydrogen) atoms. The van der Waals surface area contributed by atoms with Crippen LogP contribution in [0.2, 0.25) is 0 Å². The molecule has 2 atom stereocenters. The maximum atomic E-state index is 12.2. The lowest BCUT2D eigenvalue weighted by Crippen LogP contribution is -2.34. The van der Waals surface area contributed by atoms with E-state index in [0.717, 1.165) is 30.3 Å². The molecule has 1 heterocycles. The van der Waals surface area contributed by atoms with Crippen molar-refractivity contribution in [2.75, 3.05) is 23.7 Å². The second kappa shape index (κ2) is 9.84. The fraction of sp³-hybridized carbons (Fsp3) is 0.435. The number of anilines is 1. The third kappa shape index (κ3) is 6.03. The third-order valence-electron chi connectivity index (χ3n) is 5.13. The second-order valence-corrected chi connectivity index (χ2v) is 8.65. The zero-order valence-electron chi connectivity index (χ0n) is 16.4. The molecule has 4 heteroatoms. The van der Waals surface area contributed by atoms with Gasteiger partial charge in [0.15, 0.2) is 0 Å². The van der Waals surface area contributed by atoms with E-state index in [9.17, 15) is 4.79 Å². The van der Waals surface area contributed by atoms with Gasteiger partial charge in [0.2, 0.25) is 5.91 Å². The summed E-state index contributed by atoms with van der Waals surface area (Å²) in [6.45, 7) is 6.67. The molecule has 144 valence electrons. The summed E-state index contributed by atoms with van der Waals surface area (Å²) in [5.74, 6) is 1.68. The zero-order chi connectivity index (χ0) is 19.1. The van der Waals surface area contributed by atoms with Gasteiger partial charge >= 0.3 is 0 Å². The molecule has 2 unspecified atom stereocenters. The van der Waals surface area contributed by atoms with Crippen molar-refractivity contribution in [1.29, 1.82) is 0 Å². The smallest absolute Gasteiger partial charge is 0.221 e. The van der Waals surface area contributed by atoms with Gasteiger partial charge in [0.25, 0.3) is 0 Å². The van der Waals surface area contributed by atoms with Gasteiger partial charge in [-0.15, -0.1) is 11.8 Å². The van der Waals surface area contributed by atoms with E-state index in [0.29, 0.717) is 6.42 Å². The van der Waals surface area contributed by atoms with Gasteiger partial charge in [-0.05, 0) is 55.5 Å². The molecule has 1 saturated heterocycles. The van der Waals surface area contributed by atoms with Crippen molar-refractivity contribution in [3.63, 3.8) is 0 Å². The molecule has 2 aromatic carbocycles. The Balaban J connectivity index is 1.45. The monoisotopic (exact) mass is 382 g/mol. The molecule has 3 nitrogen and oxygen atoms in total. The fourth-order valence-corrected chi connectivity index (χ4v) is 4.45. The van der Waals surface area contributed by atoms with Crippen molar-refractivity contribution in [1.82, 2.24) is 5.32 Å². The highest BCUT2D eigenvalue weighted by atomic mass is 32.2. The molecule has 0 bridgehead atoms. The molecule has 3 rings (SSSR count). The minimum Gasteiger partial charge on any atom is -0.371 e. The third-order valence-corrected chi connectivity index (χ3v) is 6.15. The predicted octanol–water partition coefficient (Wildman–Crippen LogP) is 5.28. The van der Waals surface area contributed by atoms with Crippen molar-refractivity contribution in [2.45, 2.75) is 44.0 Å². The van der Waals surface area contributed by atoms with E-state index in [1.807, 2.05) is 18.2 Å². The molecule has 1 aliphatic rings. The Morgan fingerprint density at radius 3 is 2.63 bits per heavy atom. The molecular formula is C23H30N2OS. The first kappa shape index (κ1) is 19.8. The summed E-state index contributed by atoms with van der Waals surface area (Å²) in [5, 5.41) is 3.12. The van der Waals surface area contributed by atoms with Crippen LogP contribution in [0.3, 0.4) is 0 Å². The van der Waals surface area contributed by atoms with Crippen molar-refractivity contribution in [3.8, 4) is 0 Å². The quantitative estimate of drug-likeness (QED) is 0.661. The number of nitrogens with zero attached hydrogens (tertiary/aromatic N) is 1. The summed E-state index contributed by atoms with van der Waals surface area (Å²) in [6.07, 6.45) is 3.14. The van der Waals surface area contributed by atoms with Crippen LogP contribution in [0.1, 0.15) is 44.7 Å². The number of piperidine rings is 1. The molecule has 1 fully saturated rings. The summed E-state index contributed by atoms with van der Waals surface area (Å²) < 4.78 is 0. The Morgan fingerprint density at radius 1 is 1.19 bits per heavy atom. The zero-order valence-corrected chi connectivity index (χ0v) is 17.2. The SMILES string of the molecule is CC1CCCN(c2ccc(C(C)NC(=O)CCSc3ccccc3)cc2)C1. The first-order valence-corrected chi connectivity index (χ1v) is 10.9. The number of carbonyl (C=O) groups excluding carboxylic acids is 1. The Labute approximate surface area is 167 Å². The van der Waals surface area contributed by atoms with Crippen LogP contribution in [-0.4, -0.2) is 24.7 Å². The van der Waals surface area contributed by atoms with E-state index < -0.39 is 0 Å². The van der Waals surface area contributed by atoms with Crippen LogP contribution in [0.4, 0.5) is 5.69 Å². The highest BCUT2D eigenvalue weighted by Gasteiger charge is 2.17. The van der Waals surface area contributed by atoms with Gasteiger partial charge in [-0.25, -0.2) is 0 Å². The van der Waals surface area contributed by atoms with Crippen LogP contribution >= 0.6 is 11.8 Å². The molecule has 0 radical (unpaired) electrons. The lowest BCUT2D eigenvalue weighted by Gasteiger charge is -2.33. The van der Waals surface area contributed by atoms with Crippen molar-refractivity contribution >= 4 is 23.4 Å². The highest BCUT2D eigenvalue weighted by molar-refractivity contribution is 7.99. The Hall–Kier alpha value is -1.94. The number of hydrogen-bond acceptors (Lipinski definition) is 3. The molecule has 2 aromatic rings. The summed E-state index contributed by atoms with van der Waals surface area (Å²) >= 11 is 1.72. The number of thioether (sulfide) groups is 1. The molecular weight excluding hydrogens is 352 g/mol. The average molecular weight is 383 g/mol. The molecule has 0 aromatic heterocycles. The maximum absolute atomic E-state index is 12.2. The van der Waals surface area contributed by atoms with Crippen LogP contribution < -0.4 is 10.2 Å². The van der Waals surface area contributed by atoms with E-state index >= 15 is 0 Å². The van der Waals surface area contributed by atoms with Gasteiger partial charge in [0.1, 0.15) is 0 Å². The van der Waals surface area contributed by atoms with Crippen LogP contribution in [0, 0.1) is 5.92 Å². The molecule has 1 aliphatic heterocycles. The van der Waals surface area contributed by atoms with E-state index in [1.165, 1.54) is 23.4 Å². The molecule has 1 N–H and O–H groups in total. The van der Waals surface area contributed by atoms with Gasteiger partial charge in [-0.3, -0.25) is 4.79 Å². The number of benzene rings is 2. The van der Waals surface area contributed by atoms with Crippen molar-refractivity contribution in [3.05, 3.63) is 60.2 Å². The van der Waals surface area contributed by atoms with Gasteiger partial charge in [-0.1, -0.05) is 37.3 Å². The summed E-state index contributed by atoms with van der Waals surface area (Å²) in [4.78, 5) is 15.9. The van der Waals surface area contributed by atoms with Gasteiger partial charge in [0, 0.05) is 35.8 Å². The average Bonchev–Trinajstić information content (AvgIpc) is 2.69. The standard InChI is InChI=1S/C23H30N2OS/c1-18-7-6-15-25(17-18)21-12-10-20(11-13-21)19(2)24-23(26)14-16-27-22-8-4-3-5-9-22/h3-5,8-13,18-19H,6-7,14-17H2,1-2H3,(H,24,26). The van der Waals surface area contributed by atoms with E-state index in [-0.39, 0.29) is 11.9 Å². The summed E-state index contributed by atoms with van der Waals surface area (Å²) in [6, 6.07) is 19.0. The minimum absolute atomic E-state index is 0.0357. The Bertz CT molecular complexity index is 717. The predicted molar refractivity (Wildman–Crippen MR) is 115 cm³/mol. The van der Waals surface area contributed by atoms with Gasteiger partial charge in [-0.2, -0.15) is 0 Å². The van der Waals surface area contributed by atoms with Crippen molar-refractivity contribution < 1.29 is 4.79 Å². The molecule has 0 saturated carbocycles. The van der Waals surface area contributed by atoms with Crippen molar-refractivity contribution in [2.24, 2.45) is 5.92 Å². The maximum Gasteiger partial charge on any atom is 0.221 e.